The van der Waals surface area contributed by atoms with Crippen molar-refractivity contribution in [3.05, 3.63) is 23.8 Å². The second-order valence-electron chi connectivity index (χ2n) is 4.78. The van der Waals surface area contributed by atoms with Crippen LogP contribution < -0.4 is 9.47 Å². The van der Waals surface area contributed by atoms with Crippen LogP contribution in [0.25, 0.3) is 0 Å². The van der Waals surface area contributed by atoms with Gasteiger partial charge < -0.3 is 9.47 Å². The number of hydrogen-bond donors (Lipinski definition) is 0. The number of benzene rings is 1. The molecule has 0 aromatic heterocycles. The summed E-state index contributed by atoms with van der Waals surface area (Å²) in [5, 5.41) is 0. The molecule has 1 aromatic rings. The van der Waals surface area contributed by atoms with Crippen molar-refractivity contribution in [2.24, 2.45) is 0 Å². The lowest BCUT2D eigenvalue weighted by Crippen LogP contribution is -2.26. The second-order valence-corrected chi connectivity index (χ2v) is 4.78. The minimum absolute atomic E-state index is 0.141. The van der Waals surface area contributed by atoms with Gasteiger partial charge in [0.2, 0.25) is 0 Å². The summed E-state index contributed by atoms with van der Waals surface area (Å²) < 4.78 is 35.2. The van der Waals surface area contributed by atoms with E-state index in [0.717, 1.165) is 23.5 Å². The number of likely N-dealkylation sites (tertiary alicyclic amines) is 1. The van der Waals surface area contributed by atoms with Gasteiger partial charge in [-0.05, 0) is 36.6 Å². The van der Waals surface area contributed by atoms with Gasteiger partial charge in [-0.25, -0.2) is 8.78 Å². The Morgan fingerprint density at radius 3 is 2.37 bits per heavy atom. The van der Waals surface area contributed by atoms with Gasteiger partial charge in [-0.1, -0.05) is 0 Å². The molecule has 106 valence electrons. The highest BCUT2D eigenvalue weighted by Crippen LogP contribution is 2.32. The Hall–Kier alpha value is -1.36. The number of ether oxygens (including phenoxy) is 2. The van der Waals surface area contributed by atoms with E-state index in [1.165, 1.54) is 0 Å². The molecule has 1 unspecified atom stereocenters. The molecule has 0 radical (unpaired) electrons. The predicted octanol–water partition coefficient (Wildman–Crippen LogP) is 2.76. The number of methoxy groups -OCH3 is 2. The fourth-order valence-electron chi connectivity index (χ4n) is 2.53. The Balaban J connectivity index is 2.10. The van der Waals surface area contributed by atoms with Gasteiger partial charge in [-0.2, -0.15) is 0 Å². The second kappa shape index (κ2) is 6.19. The van der Waals surface area contributed by atoms with Crippen LogP contribution in [0.2, 0.25) is 0 Å². The van der Waals surface area contributed by atoms with Gasteiger partial charge in [0.15, 0.2) is 0 Å². The van der Waals surface area contributed by atoms with Gasteiger partial charge in [0.1, 0.15) is 11.5 Å². The van der Waals surface area contributed by atoms with E-state index in [0.29, 0.717) is 13.1 Å². The standard InChI is InChI=1S/C14H19F2NO2/c1-18-12-5-11(6-13(7-12)19-2)10-3-4-17(8-10)9-14(15)16/h5-7,10,14H,3-4,8-9H2,1-2H3. The van der Waals surface area contributed by atoms with Crippen LogP contribution in [0.3, 0.4) is 0 Å². The summed E-state index contributed by atoms with van der Waals surface area (Å²) in [5.74, 6) is 1.74. The number of alkyl halides is 2. The summed E-state index contributed by atoms with van der Waals surface area (Å²) in [4.78, 5) is 1.81. The minimum Gasteiger partial charge on any atom is -0.497 e. The minimum atomic E-state index is -2.27. The number of nitrogens with zero attached hydrogens (tertiary/aromatic N) is 1. The number of hydrogen-bond acceptors (Lipinski definition) is 3. The highest BCUT2D eigenvalue weighted by molar-refractivity contribution is 5.40. The molecule has 0 aliphatic carbocycles. The van der Waals surface area contributed by atoms with E-state index < -0.39 is 6.43 Å². The Morgan fingerprint density at radius 2 is 1.84 bits per heavy atom. The fraction of sp³-hybridized carbons (Fsp3) is 0.571. The predicted molar refractivity (Wildman–Crippen MR) is 69.3 cm³/mol. The topological polar surface area (TPSA) is 21.7 Å². The molecule has 3 nitrogen and oxygen atoms in total. The van der Waals surface area contributed by atoms with Gasteiger partial charge in [-0.3, -0.25) is 4.90 Å². The molecule has 5 heteroatoms. The fourth-order valence-corrected chi connectivity index (χ4v) is 2.53. The first-order chi connectivity index (χ1) is 9.12. The average molecular weight is 271 g/mol. The van der Waals surface area contributed by atoms with Gasteiger partial charge in [-0.15, -0.1) is 0 Å². The molecule has 2 rings (SSSR count). The van der Waals surface area contributed by atoms with Crippen LogP contribution in [0.15, 0.2) is 18.2 Å². The van der Waals surface area contributed by atoms with Crippen molar-refractivity contribution in [1.29, 1.82) is 0 Å². The molecule has 0 spiro atoms. The van der Waals surface area contributed by atoms with Crippen LogP contribution in [0.1, 0.15) is 17.9 Å². The third-order valence-corrected chi connectivity index (χ3v) is 3.51. The molecule has 0 saturated carbocycles. The molecule has 1 aliphatic heterocycles. The monoisotopic (exact) mass is 271 g/mol. The van der Waals surface area contributed by atoms with E-state index >= 15 is 0 Å². The van der Waals surface area contributed by atoms with Crippen molar-refractivity contribution >= 4 is 0 Å². The van der Waals surface area contributed by atoms with E-state index in [4.69, 9.17) is 9.47 Å². The summed E-state index contributed by atoms with van der Waals surface area (Å²) >= 11 is 0. The quantitative estimate of drug-likeness (QED) is 0.822. The zero-order valence-electron chi connectivity index (χ0n) is 11.2. The lowest BCUT2D eigenvalue weighted by atomic mass is 9.98. The Kier molecular flexibility index (Phi) is 4.58. The molecule has 1 aliphatic rings. The summed E-state index contributed by atoms with van der Waals surface area (Å²) in [6.45, 7) is 1.24. The lowest BCUT2D eigenvalue weighted by Gasteiger charge is -2.16. The largest absolute Gasteiger partial charge is 0.497 e. The maximum Gasteiger partial charge on any atom is 0.251 e. The molecule has 0 amide bonds. The molecule has 1 saturated heterocycles. The first kappa shape index (κ1) is 14.1. The summed E-state index contributed by atoms with van der Waals surface area (Å²) in [6.07, 6.45) is -1.37. The van der Waals surface area contributed by atoms with Gasteiger partial charge in [0.25, 0.3) is 6.43 Å². The molecular formula is C14H19F2NO2. The van der Waals surface area contributed by atoms with Crippen molar-refractivity contribution in [2.45, 2.75) is 18.8 Å². The SMILES string of the molecule is COc1cc(OC)cc(C2CCN(CC(F)F)C2)c1. The van der Waals surface area contributed by atoms with E-state index in [9.17, 15) is 8.78 Å². The van der Waals surface area contributed by atoms with E-state index in [1.54, 1.807) is 19.1 Å². The summed E-state index contributed by atoms with van der Waals surface area (Å²) in [5.41, 5.74) is 1.09. The highest BCUT2D eigenvalue weighted by atomic mass is 19.3. The van der Waals surface area contributed by atoms with Gasteiger partial charge >= 0.3 is 0 Å². The van der Waals surface area contributed by atoms with E-state index in [1.807, 2.05) is 18.2 Å². The molecule has 0 N–H and O–H groups in total. The van der Waals surface area contributed by atoms with E-state index in [-0.39, 0.29) is 12.5 Å². The van der Waals surface area contributed by atoms with Crippen LogP contribution in [0.5, 0.6) is 11.5 Å². The zero-order chi connectivity index (χ0) is 13.8. The highest BCUT2D eigenvalue weighted by Gasteiger charge is 2.26. The molecule has 1 heterocycles. The van der Waals surface area contributed by atoms with Crippen molar-refractivity contribution in [3.63, 3.8) is 0 Å². The first-order valence-corrected chi connectivity index (χ1v) is 6.36. The molecule has 0 bridgehead atoms. The average Bonchev–Trinajstić information content (AvgIpc) is 2.85. The normalized spacial score (nSPS) is 19.9. The third kappa shape index (κ3) is 3.56. The number of rotatable bonds is 5. The first-order valence-electron chi connectivity index (χ1n) is 6.36. The van der Waals surface area contributed by atoms with Gasteiger partial charge in [0.05, 0.1) is 20.8 Å². The van der Waals surface area contributed by atoms with Crippen molar-refractivity contribution in [2.75, 3.05) is 33.9 Å². The molecule has 19 heavy (non-hydrogen) atoms. The summed E-state index contributed by atoms with van der Waals surface area (Å²) in [7, 11) is 3.21. The van der Waals surface area contributed by atoms with Crippen molar-refractivity contribution in [3.8, 4) is 11.5 Å². The van der Waals surface area contributed by atoms with Crippen LogP contribution >= 0.6 is 0 Å². The zero-order valence-corrected chi connectivity index (χ0v) is 11.2. The Labute approximate surface area is 112 Å². The number of halogens is 2. The van der Waals surface area contributed by atoms with Crippen LogP contribution in [0.4, 0.5) is 8.78 Å². The third-order valence-electron chi connectivity index (χ3n) is 3.51. The van der Waals surface area contributed by atoms with Crippen LogP contribution in [-0.2, 0) is 0 Å². The summed E-state index contributed by atoms with van der Waals surface area (Å²) in [6, 6.07) is 5.73. The van der Waals surface area contributed by atoms with Crippen LogP contribution in [0, 0.1) is 0 Å². The Morgan fingerprint density at radius 1 is 1.21 bits per heavy atom. The van der Waals surface area contributed by atoms with Crippen molar-refractivity contribution in [1.82, 2.24) is 4.90 Å². The molecule has 1 atom stereocenters. The maximum atomic E-state index is 12.4. The molecule has 1 aromatic carbocycles. The lowest BCUT2D eigenvalue weighted by molar-refractivity contribution is 0.0990. The van der Waals surface area contributed by atoms with Gasteiger partial charge in [0, 0.05) is 12.6 Å². The van der Waals surface area contributed by atoms with Crippen LogP contribution in [-0.4, -0.2) is 45.2 Å². The van der Waals surface area contributed by atoms with E-state index in [2.05, 4.69) is 0 Å². The Bertz CT molecular complexity index is 404. The smallest absolute Gasteiger partial charge is 0.251 e. The maximum absolute atomic E-state index is 12.4. The van der Waals surface area contributed by atoms with Crippen molar-refractivity contribution < 1.29 is 18.3 Å². The molecule has 1 fully saturated rings. The molecular weight excluding hydrogens is 252 g/mol.